The summed E-state index contributed by atoms with van der Waals surface area (Å²) in [7, 11) is 1.56. The van der Waals surface area contributed by atoms with Gasteiger partial charge in [-0.1, -0.05) is 11.6 Å². The van der Waals surface area contributed by atoms with Crippen molar-refractivity contribution in [3.05, 3.63) is 34.3 Å². The Morgan fingerprint density at radius 2 is 2.12 bits per heavy atom. The van der Waals surface area contributed by atoms with E-state index >= 15 is 0 Å². The molecule has 17 heavy (non-hydrogen) atoms. The van der Waals surface area contributed by atoms with Crippen molar-refractivity contribution in [2.75, 3.05) is 7.11 Å². The molecule has 0 atom stereocenters. The Morgan fingerprint density at radius 3 is 2.71 bits per heavy atom. The molecular weight excluding hydrogens is 238 g/mol. The molecule has 0 aliphatic heterocycles. The lowest BCUT2D eigenvalue weighted by Gasteiger charge is -2.09. The van der Waals surface area contributed by atoms with Crippen LogP contribution in [0.25, 0.3) is 10.9 Å². The van der Waals surface area contributed by atoms with Gasteiger partial charge in [0.15, 0.2) is 5.78 Å². The highest BCUT2D eigenvalue weighted by molar-refractivity contribution is 6.36. The number of hydrogen-bond acceptors (Lipinski definition) is 3. The highest BCUT2D eigenvalue weighted by atomic mass is 35.5. The van der Waals surface area contributed by atoms with Gasteiger partial charge in [-0.05, 0) is 32.0 Å². The number of rotatable bonds is 2. The third kappa shape index (κ3) is 1.98. The van der Waals surface area contributed by atoms with Crippen LogP contribution in [0, 0.1) is 6.92 Å². The lowest BCUT2D eigenvalue weighted by atomic mass is 10.1. The Balaban J connectivity index is 2.78. The Bertz CT molecular complexity index is 608. The summed E-state index contributed by atoms with van der Waals surface area (Å²) < 4.78 is 5.15. The first-order chi connectivity index (χ1) is 8.04. The van der Waals surface area contributed by atoms with Gasteiger partial charge in [0.05, 0.1) is 17.6 Å². The highest BCUT2D eigenvalue weighted by Gasteiger charge is 2.11. The highest BCUT2D eigenvalue weighted by Crippen LogP contribution is 2.31. The predicted octanol–water partition coefficient (Wildman–Crippen LogP) is 3.41. The van der Waals surface area contributed by atoms with Crippen molar-refractivity contribution in [3.8, 4) is 5.88 Å². The molecule has 0 spiro atoms. The van der Waals surface area contributed by atoms with Gasteiger partial charge in [0.1, 0.15) is 0 Å². The Hall–Kier alpha value is -1.61. The lowest BCUT2D eigenvalue weighted by Crippen LogP contribution is -1.96. The number of ketones is 1. The van der Waals surface area contributed by atoms with E-state index in [-0.39, 0.29) is 5.78 Å². The topological polar surface area (TPSA) is 39.2 Å². The third-order valence-corrected chi connectivity index (χ3v) is 3.19. The summed E-state index contributed by atoms with van der Waals surface area (Å²) in [5.74, 6) is 0.523. The van der Waals surface area contributed by atoms with Gasteiger partial charge < -0.3 is 4.74 Å². The SMILES string of the molecule is COc1nc2ccc(C(C)=O)cc2c(Cl)c1C. The summed E-state index contributed by atoms with van der Waals surface area (Å²) in [6, 6.07) is 5.28. The van der Waals surface area contributed by atoms with E-state index in [0.717, 1.165) is 16.5 Å². The van der Waals surface area contributed by atoms with Crippen LogP contribution in [0.4, 0.5) is 0 Å². The van der Waals surface area contributed by atoms with Crippen LogP contribution >= 0.6 is 11.6 Å². The van der Waals surface area contributed by atoms with Crippen molar-refractivity contribution in [2.45, 2.75) is 13.8 Å². The van der Waals surface area contributed by atoms with Crippen LogP contribution in [0.1, 0.15) is 22.8 Å². The molecule has 0 unspecified atom stereocenters. The number of nitrogens with zero attached hydrogens (tertiary/aromatic N) is 1. The molecule has 0 fully saturated rings. The van der Waals surface area contributed by atoms with Crippen molar-refractivity contribution in [1.82, 2.24) is 4.98 Å². The molecule has 1 aromatic heterocycles. The molecule has 0 N–H and O–H groups in total. The molecule has 0 amide bonds. The van der Waals surface area contributed by atoms with E-state index < -0.39 is 0 Å². The first-order valence-corrected chi connectivity index (χ1v) is 5.57. The molecule has 4 heteroatoms. The zero-order valence-electron chi connectivity index (χ0n) is 9.87. The van der Waals surface area contributed by atoms with Gasteiger partial charge in [-0.15, -0.1) is 0 Å². The van der Waals surface area contributed by atoms with Gasteiger partial charge in [-0.25, -0.2) is 4.98 Å². The smallest absolute Gasteiger partial charge is 0.218 e. The monoisotopic (exact) mass is 249 g/mol. The number of carbonyl (C=O) groups excluding carboxylic acids is 1. The molecule has 0 aliphatic carbocycles. The summed E-state index contributed by atoms with van der Waals surface area (Å²) in [6.07, 6.45) is 0. The molecule has 88 valence electrons. The van der Waals surface area contributed by atoms with E-state index in [4.69, 9.17) is 16.3 Å². The Kier molecular flexibility index (Phi) is 3.03. The van der Waals surface area contributed by atoms with Crippen LogP contribution < -0.4 is 4.74 Å². The molecule has 0 saturated carbocycles. The van der Waals surface area contributed by atoms with E-state index in [1.165, 1.54) is 6.92 Å². The molecule has 0 bridgehead atoms. The largest absolute Gasteiger partial charge is 0.481 e. The van der Waals surface area contributed by atoms with E-state index in [9.17, 15) is 4.79 Å². The molecule has 1 heterocycles. The standard InChI is InChI=1S/C13H12ClNO2/c1-7-12(14)10-6-9(8(2)16)4-5-11(10)15-13(7)17-3/h4-6H,1-3H3. The minimum atomic E-state index is 0.0106. The molecule has 2 rings (SSSR count). The summed E-state index contributed by atoms with van der Waals surface area (Å²) in [5.41, 5.74) is 2.13. The normalized spacial score (nSPS) is 10.6. The average molecular weight is 250 g/mol. The maximum atomic E-state index is 11.3. The van der Waals surface area contributed by atoms with Crippen LogP contribution in [0.5, 0.6) is 5.88 Å². The van der Waals surface area contributed by atoms with Crippen molar-refractivity contribution in [2.24, 2.45) is 0 Å². The first-order valence-electron chi connectivity index (χ1n) is 5.19. The summed E-state index contributed by atoms with van der Waals surface area (Å²) >= 11 is 6.26. The van der Waals surface area contributed by atoms with Gasteiger partial charge >= 0.3 is 0 Å². The van der Waals surface area contributed by atoms with Crippen LogP contribution in [-0.2, 0) is 0 Å². The maximum absolute atomic E-state index is 11.3. The second-order valence-corrected chi connectivity index (χ2v) is 4.23. The molecule has 0 radical (unpaired) electrons. The van der Waals surface area contributed by atoms with Crippen molar-refractivity contribution >= 4 is 28.3 Å². The fourth-order valence-corrected chi connectivity index (χ4v) is 1.95. The fraction of sp³-hybridized carbons (Fsp3) is 0.231. The van der Waals surface area contributed by atoms with Gasteiger partial charge in [-0.2, -0.15) is 0 Å². The van der Waals surface area contributed by atoms with Gasteiger partial charge in [0.2, 0.25) is 5.88 Å². The second kappa shape index (κ2) is 4.34. The van der Waals surface area contributed by atoms with E-state index in [2.05, 4.69) is 4.98 Å². The van der Waals surface area contributed by atoms with E-state index in [1.807, 2.05) is 6.92 Å². The minimum absolute atomic E-state index is 0.0106. The summed E-state index contributed by atoms with van der Waals surface area (Å²) in [6.45, 7) is 3.37. The van der Waals surface area contributed by atoms with E-state index in [0.29, 0.717) is 16.5 Å². The molecule has 3 nitrogen and oxygen atoms in total. The number of pyridine rings is 1. The first kappa shape index (κ1) is 11.9. The number of methoxy groups -OCH3 is 1. The predicted molar refractivity (Wildman–Crippen MR) is 68.0 cm³/mol. The molecule has 2 aromatic rings. The number of aromatic nitrogens is 1. The van der Waals surface area contributed by atoms with Crippen molar-refractivity contribution in [3.63, 3.8) is 0 Å². The molecule has 1 aromatic carbocycles. The van der Waals surface area contributed by atoms with Gasteiger partial charge in [-0.3, -0.25) is 4.79 Å². The fourth-order valence-electron chi connectivity index (χ4n) is 1.72. The number of ether oxygens (including phenoxy) is 1. The number of halogens is 1. The third-order valence-electron chi connectivity index (χ3n) is 2.70. The van der Waals surface area contributed by atoms with E-state index in [1.54, 1.807) is 25.3 Å². The zero-order valence-corrected chi connectivity index (χ0v) is 10.6. The molecule has 0 saturated heterocycles. The minimum Gasteiger partial charge on any atom is -0.481 e. The van der Waals surface area contributed by atoms with Crippen LogP contribution in [0.3, 0.4) is 0 Å². The Labute approximate surface area is 104 Å². The molecular formula is C13H12ClNO2. The van der Waals surface area contributed by atoms with Crippen molar-refractivity contribution in [1.29, 1.82) is 0 Å². The average Bonchev–Trinajstić information content (AvgIpc) is 2.33. The summed E-state index contributed by atoms with van der Waals surface area (Å²) in [4.78, 5) is 15.7. The number of fused-ring (bicyclic) bond motifs is 1. The van der Waals surface area contributed by atoms with Crippen LogP contribution in [0.2, 0.25) is 5.02 Å². The van der Waals surface area contributed by atoms with Gasteiger partial charge in [0, 0.05) is 16.5 Å². The maximum Gasteiger partial charge on any atom is 0.218 e. The number of Topliss-reactive ketones (excluding diaryl/α,β-unsaturated/α-hetero) is 1. The summed E-state index contributed by atoms with van der Waals surface area (Å²) in [5, 5.41) is 1.35. The number of hydrogen-bond donors (Lipinski definition) is 0. The molecule has 0 aliphatic rings. The number of carbonyl (C=O) groups is 1. The van der Waals surface area contributed by atoms with Gasteiger partial charge in [0.25, 0.3) is 0 Å². The lowest BCUT2D eigenvalue weighted by molar-refractivity contribution is 0.101. The Morgan fingerprint density at radius 1 is 1.41 bits per heavy atom. The number of benzene rings is 1. The quantitative estimate of drug-likeness (QED) is 0.766. The zero-order chi connectivity index (χ0) is 12.6. The van der Waals surface area contributed by atoms with Crippen LogP contribution in [0.15, 0.2) is 18.2 Å². The van der Waals surface area contributed by atoms with Crippen LogP contribution in [-0.4, -0.2) is 17.9 Å². The van der Waals surface area contributed by atoms with Crippen molar-refractivity contribution < 1.29 is 9.53 Å². The second-order valence-electron chi connectivity index (χ2n) is 3.85.